The zero-order valence-electron chi connectivity index (χ0n) is 26.7. The van der Waals surface area contributed by atoms with E-state index in [1.54, 1.807) is 9.80 Å². The van der Waals surface area contributed by atoms with Crippen LogP contribution in [0.25, 0.3) is 0 Å². The number of ether oxygens (including phenoxy) is 1. The molecule has 1 aromatic heterocycles. The zero-order valence-corrected chi connectivity index (χ0v) is 27.5. The molecule has 0 N–H and O–H groups in total. The molecule has 3 fully saturated rings. The predicted molar refractivity (Wildman–Crippen MR) is 173 cm³/mol. The summed E-state index contributed by atoms with van der Waals surface area (Å²) >= 11 is 6.10. The molecular weight excluding hydrogens is 631 g/mol. The quantitative estimate of drug-likeness (QED) is 0.316. The highest BCUT2D eigenvalue weighted by molar-refractivity contribution is 6.31. The van der Waals surface area contributed by atoms with Crippen LogP contribution in [-0.2, 0) is 23.9 Å². The largest absolute Gasteiger partial charge is 0.457 e. The van der Waals surface area contributed by atoms with Crippen molar-refractivity contribution in [2.45, 2.75) is 88.2 Å². The van der Waals surface area contributed by atoms with E-state index in [0.717, 1.165) is 57.1 Å². The summed E-state index contributed by atoms with van der Waals surface area (Å²) in [5, 5.41) is 9.22. The summed E-state index contributed by atoms with van der Waals surface area (Å²) in [7, 11) is 2.15. The molecule has 0 spiro atoms. The van der Waals surface area contributed by atoms with Crippen LogP contribution >= 0.6 is 11.6 Å². The number of benzene rings is 1. The maximum Gasteiger partial charge on any atom is 0.419 e. The summed E-state index contributed by atoms with van der Waals surface area (Å²) < 4.78 is 49.4. The van der Waals surface area contributed by atoms with E-state index in [-0.39, 0.29) is 41.6 Å². The first-order chi connectivity index (χ1) is 22.5. The topological polar surface area (TPSA) is 88.8 Å². The molecule has 1 unspecified atom stereocenters. The van der Waals surface area contributed by atoms with E-state index in [1.807, 2.05) is 0 Å². The van der Waals surface area contributed by atoms with Crippen LogP contribution in [0.2, 0.25) is 5.02 Å². The third kappa shape index (κ3) is 6.88. The molecule has 9 nitrogen and oxygen atoms in total. The van der Waals surface area contributed by atoms with Gasteiger partial charge in [0.15, 0.2) is 0 Å². The summed E-state index contributed by atoms with van der Waals surface area (Å²) in [6, 6.07) is 6.72. The molecule has 2 saturated heterocycles. The van der Waals surface area contributed by atoms with Gasteiger partial charge in [0.1, 0.15) is 11.4 Å². The van der Waals surface area contributed by atoms with Crippen LogP contribution in [0.4, 0.5) is 24.7 Å². The fourth-order valence-electron chi connectivity index (χ4n) is 7.92. The Kier molecular flexibility index (Phi) is 9.59. The van der Waals surface area contributed by atoms with Gasteiger partial charge in [-0.2, -0.15) is 28.4 Å². The second-order valence-electron chi connectivity index (χ2n) is 13.2. The van der Waals surface area contributed by atoms with Crippen molar-refractivity contribution in [2.24, 2.45) is 0 Å². The summed E-state index contributed by atoms with van der Waals surface area (Å²) in [6.07, 6.45) is 4.21. The maximum atomic E-state index is 14.2. The Labute approximate surface area is 278 Å². The van der Waals surface area contributed by atoms with Gasteiger partial charge in [0, 0.05) is 44.2 Å². The van der Waals surface area contributed by atoms with Crippen molar-refractivity contribution in [3.63, 3.8) is 0 Å². The van der Waals surface area contributed by atoms with Gasteiger partial charge in [-0.1, -0.05) is 24.2 Å². The Bertz CT molecular complexity index is 1540. The van der Waals surface area contributed by atoms with Gasteiger partial charge in [0.05, 0.1) is 47.0 Å². The third-order valence-corrected chi connectivity index (χ3v) is 10.6. The monoisotopic (exact) mass is 671 g/mol. The number of nitrogens with zero attached hydrogens (tertiary/aromatic N) is 7. The second-order valence-corrected chi connectivity index (χ2v) is 13.6. The SMILES string of the molecule is C=CC(=O)N1CCN(c2nc(OC3(CC4CCCN4C)CCCC3)nc3c2CCN(c2cccc(Cl)c2C(F)(F)F)C3)C[C@@H]1CC#N. The first-order valence-electron chi connectivity index (χ1n) is 16.5. The normalized spacial score (nSPS) is 23.0. The molecule has 47 heavy (non-hydrogen) atoms. The average Bonchev–Trinajstić information content (AvgIpc) is 3.67. The van der Waals surface area contributed by atoms with Crippen LogP contribution in [0.5, 0.6) is 6.01 Å². The van der Waals surface area contributed by atoms with Gasteiger partial charge in [-0.15, -0.1) is 0 Å². The van der Waals surface area contributed by atoms with E-state index in [0.29, 0.717) is 50.2 Å². The molecule has 1 saturated carbocycles. The summed E-state index contributed by atoms with van der Waals surface area (Å²) in [5.74, 6) is 0.433. The number of likely N-dealkylation sites (tertiary alicyclic amines) is 1. The minimum Gasteiger partial charge on any atom is -0.457 e. The first kappa shape index (κ1) is 33.3. The average molecular weight is 672 g/mol. The summed E-state index contributed by atoms with van der Waals surface area (Å²) in [4.78, 5) is 30.3. The number of carbonyl (C=O) groups is 1. The van der Waals surface area contributed by atoms with Crippen LogP contribution < -0.4 is 14.5 Å². The Hall–Kier alpha value is -3.56. The van der Waals surface area contributed by atoms with E-state index in [9.17, 15) is 23.2 Å². The van der Waals surface area contributed by atoms with Gasteiger partial charge in [-0.25, -0.2) is 0 Å². The maximum absolute atomic E-state index is 14.2. The molecule has 0 radical (unpaired) electrons. The number of carbonyl (C=O) groups excluding carboxylic acids is 1. The molecule has 4 heterocycles. The molecule has 4 aliphatic rings. The van der Waals surface area contributed by atoms with Crippen molar-refractivity contribution in [1.29, 1.82) is 5.26 Å². The highest BCUT2D eigenvalue weighted by atomic mass is 35.5. The number of rotatable bonds is 8. The van der Waals surface area contributed by atoms with Gasteiger partial charge in [-0.3, -0.25) is 4.79 Å². The number of hydrogen-bond donors (Lipinski definition) is 0. The number of anilines is 2. The van der Waals surface area contributed by atoms with Crippen molar-refractivity contribution in [3.8, 4) is 12.1 Å². The zero-order chi connectivity index (χ0) is 33.3. The van der Waals surface area contributed by atoms with Crippen molar-refractivity contribution >= 4 is 29.0 Å². The molecule has 1 amide bonds. The van der Waals surface area contributed by atoms with E-state index < -0.39 is 17.3 Å². The third-order valence-electron chi connectivity index (χ3n) is 10.3. The van der Waals surface area contributed by atoms with Crippen molar-refractivity contribution in [1.82, 2.24) is 19.8 Å². The standard InChI is InChI=1S/C34H41ClF3N7O2/c1-3-29(46)45-19-18-44(21-24(45)11-15-39)31-25-12-17-43(28-10-6-9-26(35)30(28)34(36,37)38)22-27(25)40-32(41-31)47-33(13-4-5-14-33)20-23-8-7-16-42(23)2/h3,6,9-10,23-24H,1,4-5,7-8,11-14,16-22H2,2H3/t23?,24-/m0/s1. The van der Waals surface area contributed by atoms with E-state index in [4.69, 9.17) is 26.3 Å². The van der Waals surface area contributed by atoms with Gasteiger partial charge < -0.3 is 24.3 Å². The summed E-state index contributed by atoms with van der Waals surface area (Å²) in [6.45, 7) is 6.34. The van der Waals surface area contributed by atoms with Crippen LogP contribution in [-0.4, -0.2) is 83.1 Å². The molecule has 1 aromatic carbocycles. The number of hydrogen-bond acceptors (Lipinski definition) is 8. The van der Waals surface area contributed by atoms with Gasteiger partial charge in [-0.05, 0) is 76.7 Å². The van der Waals surface area contributed by atoms with Crippen LogP contribution in [0.1, 0.15) is 68.2 Å². The Morgan fingerprint density at radius 2 is 1.94 bits per heavy atom. The molecule has 2 atom stereocenters. The van der Waals surface area contributed by atoms with Crippen molar-refractivity contribution in [3.05, 3.63) is 52.7 Å². The number of fused-ring (bicyclic) bond motifs is 1. The first-order valence-corrected chi connectivity index (χ1v) is 16.8. The number of amides is 1. The van der Waals surface area contributed by atoms with Gasteiger partial charge >= 0.3 is 12.2 Å². The molecule has 13 heteroatoms. The Morgan fingerprint density at radius 1 is 1.15 bits per heavy atom. The molecule has 252 valence electrons. The highest BCUT2D eigenvalue weighted by Crippen LogP contribution is 2.44. The number of piperazine rings is 1. The predicted octanol–water partition coefficient (Wildman–Crippen LogP) is 6.00. The molecule has 6 rings (SSSR count). The molecule has 0 bridgehead atoms. The fourth-order valence-corrected chi connectivity index (χ4v) is 8.20. The van der Waals surface area contributed by atoms with E-state index in [2.05, 4.69) is 29.5 Å². The molecule has 3 aliphatic heterocycles. The fraction of sp³-hybridized carbons (Fsp3) is 0.588. The highest BCUT2D eigenvalue weighted by Gasteiger charge is 2.43. The lowest BCUT2D eigenvalue weighted by Gasteiger charge is -2.42. The van der Waals surface area contributed by atoms with Crippen molar-refractivity contribution < 1.29 is 22.7 Å². The number of nitriles is 1. The smallest absolute Gasteiger partial charge is 0.419 e. The Balaban J connectivity index is 1.38. The lowest BCUT2D eigenvalue weighted by Crippen LogP contribution is -2.55. The number of halogens is 4. The van der Waals surface area contributed by atoms with Crippen LogP contribution in [0.3, 0.4) is 0 Å². The number of aromatic nitrogens is 2. The van der Waals surface area contributed by atoms with E-state index in [1.165, 1.54) is 24.3 Å². The minimum absolute atomic E-state index is 0.0143. The lowest BCUT2D eigenvalue weighted by atomic mass is 9.91. The minimum atomic E-state index is -4.63. The van der Waals surface area contributed by atoms with E-state index >= 15 is 0 Å². The van der Waals surface area contributed by atoms with Crippen molar-refractivity contribution in [2.75, 3.05) is 49.6 Å². The second kappa shape index (κ2) is 13.5. The van der Waals surface area contributed by atoms with Crippen LogP contribution in [0, 0.1) is 11.3 Å². The lowest BCUT2D eigenvalue weighted by molar-refractivity contribution is -0.137. The molecular formula is C34H41ClF3N7O2. The molecule has 1 aliphatic carbocycles. The van der Waals surface area contributed by atoms with Gasteiger partial charge in [0.25, 0.3) is 0 Å². The number of alkyl halides is 3. The van der Waals surface area contributed by atoms with Gasteiger partial charge in [0.2, 0.25) is 5.91 Å². The Morgan fingerprint density at radius 3 is 2.62 bits per heavy atom. The van der Waals surface area contributed by atoms with Crippen LogP contribution in [0.15, 0.2) is 30.9 Å². The summed E-state index contributed by atoms with van der Waals surface area (Å²) in [5.41, 5.74) is 0.193. The molecule has 2 aromatic rings.